The molecule has 0 aliphatic carbocycles. The van der Waals surface area contributed by atoms with Crippen molar-refractivity contribution in [2.24, 2.45) is 0 Å². The standard InChI is InChI=1S/C18H17FN4O2/c19-15-6-2-1-5-14(15)17-22-18(25-23-17)12-7-8-16(20-10-12)21-11-13-4-3-9-24-13/h1-2,5-8,10,13H,3-4,9,11H2,(H,20,21)/t13-/m0/s1. The monoisotopic (exact) mass is 340 g/mol. The van der Waals surface area contributed by atoms with Gasteiger partial charge in [-0.3, -0.25) is 0 Å². The Morgan fingerprint density at radius 2 is 2.12 bits per heavy atom. The Hall–Kier alpha value is -2.80. The van der Waals surface area contributed by atoms with E-state index in [2.05, 4.69) is 20.4 Å². The van der Waals surface area contributed by atoms with Gasteiger partial charge in [0.25, 0.3) is 5.89 Å². The summed E-state index contributed by atoms with van der Waals surface area (Å²) in [4.78, 5) is 8.60. The largest absolute Gasteiger partial charge is 0.376 e. The number of nitrogens with zero attached hydrogens (tertiary/aromatic N) is 3. The number of halogens is 1. The van der Waals surface area contributed by atoms with Crippen LogP contribution in [0.15, 0.2) is 47.1 Å². The average molecular weight is 340 g/mol. The van der Waals surface area contributed by atoms with E-state index in [0.717, 1.165) is 31.8 Å². The molecule has 1 aliphatic rings. The van der Waals surface area contributed by atoms with Crippen molar-refractivity contribution in [3.8, 4) is 22.8 Å². The molecule has 2 aromatic heterocycles. The number of rotatable bonds is 5. The molecule has 1 aromatic carbocycles. The van der Waals surface area contributed by atoms with Gasteiger partial charge in [-0.25, -0.2) is 9.37 Å². The van der Waals surface area contributed by atoms with Gasteiger partial charge in [0.15, 0.2) is 0 Å². The molecule has 1 fully saturated rings. The summed E-state index contributed by atoms with van der Waals surface area (Å²) in [5.41, 5.74) is 0.984. The fraction of sp³-hybridized carbons (Fsp3) is 0.278. The second-order valence-corrected chi connectivity index (χ2v) is 5.85. The van der Waals surface area contributed by atoms with E-state index in [0.29, 0.717) is 17.0 Å². The van der Waals surface area contributed by atoms with E-state index in [1.165, 1.54) is 6.07 Å². The lowest BCUT2D eigenvalue weighted by Gasteiger charge is -2.11. The molecule has 4 rings (SSSR count). The highest BCUT2D eigenvalue weighted by atomic mass is 19.1. The van der Waals surface area contributed by atoms with E-state index in [9.17, 15) is 4.39 Å². The van der Waals surface area contributed by atoms with E-state index in [4.69, 9.17) is 9.26 Å². The molecule has 6 nitrogen and oxygen atoms in total. The Morgan fingerprint density at radius 1 is 1.20 bits per heavy atom. The van der Waals surface area contributed by atoms with E-state index in [1.807, 2.05) is 12.1 Å². The zero-order chi connectivity index (χ0) is 17.1. The number of hydrogen-bond donors (Lipinski definition) is 1. The second kappa shape index (κ2) is 6.98. The second-order valence-electron chi connectivity index (χ2n) is 5.85. The first-order valence-corrected chi connectivity index (χ1v) is 8.20. The van der Waals surface area contributed by atoms with Crippen molar-refractivity contribution in [1.82, 2.24) is 15.1 Å². The van der Waals surface area contributed by atoms with Crippen molar-refractivity contribution in [3.63, 3.8) is 0 Å². The Labute approximate surface area is 144 Å². The SMILES string of the molecule is Fc1ccccc1-c1noc(-c2ccc(NC[C@@H]3CCCO3)nc2)n1. The van der Waals surface area contributed by atoms with Crippen molar-refractivity contribution in [3.05, 3.63) is 48.4 Å². The van der Waals surface area contributed by atoms with E-state index in [1.54, 1.807) is 24.4 Å². The zero-order valence-electron chi connectivity index (χ0n) is 13.5. The third kappa shape index (κ3) is 3.51. The van der Waals surface area contributed by atoms with Crippen molar-refractivity contribution in [2.75, 3.05) is 18.5 Å². The normalized spacial score (nSPS) is 16.9. The predicted molar refractivity (Wildman–Crippen MR) is 90.4 cm³/mol. The summed E-state index contributed by atoms with van der Waals surface area (Å²) < 4.78 is 24.6. The van der Waals surface area contributed by atoms with Gasteiger partial charge in [-0.2, -0.15) is 4.98 Å². The summed E-state index contributed by atoms with van der Waals surface area (Å²) in [7, 11) is 0. The molecule has 3 heterocycles. The predicted octanol–water partition coefficient (Wildman–Crippen LogP) is 3.53. The highest BCUT2D eigenvalue weighted by Gasteiger charge is 2.16. The Kier molecular flexibility index (Phi) is 4.39. The van der Waals surface area contributed by atoms with Gasteiger partial charge >= 0.3 is 0 Å². The van der Waals surface area contributed by atoms with E-state index < -0.39 is 0 Å². The van der Waals surface area contributed by atoms with Crippen LogP contribution in [0.1, 0.15) is 12.8 Å². The van der Waals surface area contributed by atoms with E-state index in [-0.39, 0.29) is 17.7 Å². The molecule has 1 atom stereocenters. The van der Waals surface area contributed by atoms with Gasteiger partial charge in [0, 0.05) is 19.3 Å². The molecule has 0 saturated carbocycles. The molecule has 1 aliphatic heterocycles. The zero-order valence-corrected chi connectivity index (χ0v) is 13.5. The molecule has 3 aromatic rings. The average Bonchev–Trinajstić information content (AvgIpc) is 3.33. The van der Waals surface area contributed by atoms with Gasteiger partial charge in [0.05, 0.1) is 17.2 Å². The van der Waals surface area contributed by atoms with Gasteiger partial charge in [0.1, 0.15) is 11.6 Å². The van der Waals surface area contributed by atoms with Crippen molar-refractivity contribution >= 4 is 5.82 Å². The number of pyridine rings is 1. The van der Waals surface area contributed by atoms with Crippen LogP contribution < -0.4 is 5.32 Å². The summed E-state index contributed by atoms with van der Waals surface area (Å²) in [5, 5.41) is 7.10. The van der Waals surface area contributed by atoms with Crippen molar-refractivity contribution < 1.29 is 13.7 Å². The summed E-state index contributed by atoms with van der Waals surface area (Å²) in [6.45, 7) is 1.57. The molecule has 0 bridgehead atoms. The molecule has 0 amide bonds. The van der Waals surface area contributed by atoms with Crippen molar-refractivity contribution in [2.45, 2.75) is 18.9 Å². The molecule has 0 radical (unpaired) electrons. The molecular weight excluding hydrogens is 323 g/mol. The molecule has 7 heteroatoms. The molecule has 25 heavy (non-hydrogen) atoms. The van der Waals surface area contributed by atoms with Crippen LogP contribution >= 0.6 is 0 Å². The van der Waals surface area contributed by atoms with Crippen LogP contribution in [0.25, 0.3) is 22.8 Å². The van der Waals surface area contributed by atoms with Gasteiger partial charge in [-0.1, -0.05) is 17.3 Å². The number of anilines is 1. The Bertz CT molecular complexity index is 844. The number of aromatic nitrogens is 3. The van der Waals surface area contributed by atoms with Crippen LogP contribution in [0, 0.1) is 5.82 Å². The van der Waals surface area contributed by atoms with Gasteiger partial charge < -0.3 is 14.6 Å². The maximum Gasteiger partial charge on any atom is 0.259 e. The highest BCUT2D eigenvalue weighted by molar-refractivity contribution is 5.60. The summed E-state index contributed by atoms with van der Waals surface area (Å²) in [6, 6.07) is 10.00. The maximum atomic E-state index is 13.8. The first kappa shape index (κ1) is 15.7. The van der Waals surface area contributed by atoms with Crippen molar-refractivity contribution in [1.29, 1.82) is 0 Å². The fourth-order valence-electron chi connectivity index (χ4n) is 2.74. The lowest BCUT2D eigenvalue weighted by Crippen LogP contribution is -2.18. The minimum atomic E-state index is -0.387. The fourth-order valence-corrected chi connectivity index (χ4v) is 2.74. The highest BCUT2D eigenvalue weighted by Crippen LogP contribution is 2.24. The minimum absolute atomic E-state index is 0.216. The summed E-state index contributed by atoms with van der Waals surface area (Å²) in [5.74, 6) is 0.889. The third-order valence-corrected chi connectivity index (χ3v) is 4.09. The van der Waals surface area contributed by atoms with Crippen LogP contribution in [-0.4, -0.2) is 34.4 Å². The van der Waals surface area contributed by atoms with E-state index >= 15 is 0 Å². The summed E-state index contributed by atoms with van der Waals surface area (Å²) >= 11 is 0. The van der Waals surface area contributed by atoms with Crippen LogP contribution in [0.2, 0.25) is 0 Å². The van der Waals surface area contributed by atoms with Crippen LogP contribution in [0.4, 0.5) is 10.2 Å². The van der Waals surface area contributed by atoms with Crippen LogP contribution in [0.5, 0.6) is 0 Å². The summed E-state index contributed by atoms with van der Waals surface area (Å²) in [6.07, 6.45) is 4.09. The molecule has 1 saturated heterocycles. The molecular formula is C18H17FN4O2. The lowest BCUT2D eigenvalue weighted by molar-refractivity contribution is 0.120. The number of nitrogens with one attached hydrogen (secondary N) is 1. The quantitative estimate of drug-likeness (QED) is 0.766. The number of benzene rings is 1. The Balaban J connectivity index is 1.46. The lowest BCUT2D eigenvalue weighted by atomic mass is 10.2. The number of ether oxygens (including phenoxy) is 1. The first-order chi connectivity index (χ1) is 12.3. The molecule has 1 N–H and O–H groups in total. The number of hydrogen-bond acceptors (Lipinski definition) is 6. The van der Waals surface area contributed by atoms with Gasteiger partial charge in [0.2, 0.25) is 5.82 Å². The Morgan fingerprint density at radius 3 is 2.88 bits per heavy atom. The topological polar surface area (TPSA) is 73.1 Å². The molecule has 0 unspecified atom stereocenters. The van der Waals surface area contributed by atoms with Crippen LogP contribution in [-0.2, 0) is 4.74 Å². The van der Waals surface area contributed by atoms with Crippen LogP contribution in [0.3, 0.4) is 0 Å². The molecule has 128 valence electrons. The smallest absolute Gasteiger partial charge is 0.259 e. The third-order valence-electron chi connectivity index (χ3n) is 4.09. The minimum Gasteiger partial charge on any atom is -0.376 e. The first-order valence-electron chi connectivity index (χ1n) is 8.20. The van der Waals surface area contributed by atoms with Gasteiger partial charge in [-0.15, -0.1) is 0 Å². The van der Waals surface area contributed by atoms with Gasteiger partial charge in [-0.05, 0) is 37.1 Å². The molecule has 0 spiro atoms. The maximum absolute atomic E-state index is 13.8.